The molecule has 2 aromatic rings. The third-order valence-electron chi connectivity index (χ3n) is 6.62. The van der Waals surface area contributed by atoms with Crippen LogP contribution in [0.4, 0.5) is 0 Å². The van der Waals surface area contributed by atoms with E-state index in [1.165, 1.54) is 0 Å². The Morgan fingerprint density at radius 2 is 2.22 bits per heavy atom. The van der Waals surface area contributed by atoms with Gasteiger partial charge in [0.25, 0.3) is 11.6 Å². The van der Waals surface area contributed by atoms with E-state index in [1.807, 2.05) is 24.8 Å². The highest BCUT2D eigenvalue weighted by Crippen LogP contribution is 2.55. The minimum absolute atomic E-state index is 0.0382. The number of rotatable bonds is 3. The number of likely N-dealkylation sites (tertiary alicyclic amines) is 1. The maximum Gasteiger partial charge on any atom is 0.258 e. The molecule has 0 aromatic carbocycles. The number of ether oxygens (including phenoxy) is 1. The van der Waals surface area contributed by atoms with Crippen molar-refractivity contribution >= 4 is 17.0 Å². The van der Waals surface area contributed by atoms with Crippen LogP contribution in [0.25, 0.3) is 11.1 Å². The van der Waals surface area contributed by atoms with Crippen LogP contribution in [-0.2, 0) is 4.74 Å². The third-order valence-corrected chi connectivity index (χ3v) is 6.62. The van der Waals surface area contributed by atoms with Gasteiger partial charge in [-0.25, -0.2) is 4.98 Å². The van der Waals surface area contributed by atoms with Crippen LogP contribution in [0.5, 0.6) is 0 Å². The second-order valence-corrected chi connectivity index (χ2v) is 8.74. The molecule has 7 heteroatoms. The lowest BCUT2D eigenvalue weighted by molar-refractivity contribution is 0.00258. The van der Waals surface area contributed by atoms with Crippen molar-refractivity contribution in [1.82, 2.24) is 19.9 Å². The number of amides is 1. The van der Waals surface area contributed by atoms with Crippen LogP contribution in [0.2, 0.25) is 0 Å². The van der Waals surface area contributed by atoms with E-state index < -0.39 is 0 Å². The predicted molar refractivity (Wildman–Crippen MR) is 99.6 cm³/mol. The topological polar surface area (TPSA) is 71.7 Å². The van der Waals surface area contributed by atoms with E-state index in [0.29, 0.717) is 41.5 Å². The lowest BCUT2D eigenvalue weighted by Crippen LogP contribution is -2.40. The van der Waals surface area contributed by atoms with Gasteiger partial charge >= 0.3 is 0 Å². The predicted octanol–water partition coefficient (Wildman–Crippen LogP) is 2.02. The first-order valence-electron chi connectivity index (χ1n) is 9.73. The Bertz CT molecular complexity index is 923. The van der Waals surface area contributed by atoms with Gasteiger partial charge in [-0.2, -0.15) is 0 Å². The molecule has 5 heterocycles. The number of carbonyl (C=O) groups excluding carboxylic acids is 1. The molecule has 2 aromatic heterocycles. The summed E-state index contributed by atoms with van der Waals surface area (Å²) in [6, 6.07) is 1.86. The fourth-order valence-corrected chi connectivity index (χ4v) is 5.57. The molecule has 3 fully saturated rings. The molecule has 27 heavy (non-hydrogen) atoms. The smallest absolute Gasteiger partial charge is 0.258 e. The number of hydrogen-bond donors (Lipinski definition) is 0. The lowest BCUT2D eigenvalue weighted by Gasteiger charge is -2.30. The minimum Gasteiger partial charge on any atom is -0.369 e. The van der Waals surface area contributed by atoms with E-state index in [9.17, 15) is 4.79 Å². The molecule has 2 bridgehead atoms. The van der Waals surface area contributed by atoms with Crippen molar-refractivity contribution in [3.05, 3.63) is 23.0 Å². The van der Waals surface area contributed by atoms with Crippen molar-refractivity contribution in [3.8, 4) is 0 Å². The highest BCUT2D eigenvalue weighted by Gasteiger charge is 2.63. The zero-order valence-corrected chi connectivity index (χ0v) is 16.4. The van der Waals surface area contributed by atoms with Gasteiger partial charge in [-0.1, -0.05) is 5.16 Å². The summed E-state index contributed by atoms with van der Waals surface area (Å²) in [7, 11) is 4.23. The van der Waals surface area contributed by atoms with Gasteiger partial charge in [0, 0.05) is 30.6 Å². The van der Waals surface area contributed by atoms with Crippen molar-refractivity contribution in [2.24, 2.45) is 11.8 Å². The van der Waals surface area contributed by atoms with E-state index in [4.69, 9.17) is 9.26 Å². The van der Waals surface area contributed by atoms with E-state index in [1.54, 1.807) is 0 Å². The molecule has 0 radical (unpaired) electrons. The standard InChI is InChI=1S/C20H26N4O3/c1-11-7-13(17-12(2)22-27-18(17)21-11)19(25)24-9-15-14(8-23(3)4)16-5-6-20(15,10-24)26-16/h7,14-16H,5-6,8-10H2,1-4H3/t14-,15+,16+,20+/m1/s1. The number of carbonyl (C=O) groups is 1. The zero-order valence-electron chi connectivity index (χ0n) is 16.4. The number of hydrogen-bond acceptors (Lipinski definition) is 6. The molecule has 0 unspecified atom stereocenters. The Kier molecular flexibility index (Phi) is 3.65. The number of aryl methyl sites for hydroxylation is 2. The lowest BCUT2D eigenvalue weighted by atomic mass is 9.73. The van der Waals surface area contributed by atoms with Crippen molar-refractivity contribution in [3.63, 3.8) is 0 Å². The van der Waals surface area contributed by atoms with Gasteiger partial charge in [-0.05, 0) is 46.9 Å². The highest BCUT2D eigenvalue weighted by atomic mass is 16.5. The highest BCUT2D eigenvalue weighted by molar-refractivity contribution is 6.06. The Hall–Kier alpha value is -1.99. The van der Waals surface area contributed by atoms with E-state index in [0.717, 1.165) is 37.0 Å². The number of pyridine rings is 1. The molecule has 144 valence electrons. The molecule has 0 aliphatic carbocycles. The Labute approximate surface area is 158 Å². The number of aromatic nitrogens is 2. The quantitative estimate of drug-likeness (QED) is 0.823. The molecular formula is C20H26N4O3. The second kappa shape index (κ2) is 5.75. The van der Waals surface area contributed by atoms with Gasteiger partial charge in [0.1, 0.15) is 0 Å². The van der Waals surface area contributed by atoms with Crippen molar-refractivity contribution in [2.45, 2.75) is 38.4 Å². The Morgan fingerprint density at radius 1 is 1.41 bits per heavy atom. The summed E-state index contributed by atoms with van der Waals surface area (Å²) in [5.41, 5.74) is 2.41. The molecule has 5 rings (SSSR count). The number of nitrogens with zero attached hydrogens (tertiary/aromatic N) is 4. The molecular weight excluding hydrogens is 344 g/mol. The summed E-state index contributed by atoms with van der Waals surface area (Å²) in [6.07, 6.45) is 2.53. The molecule has 3 aliphatic rings. The van der Waals surface area contributed by atoms with Crippen molar-refractivity contribution < 1.29 is 14.1 Å². The summed E-state index contributed by atoms with van der Waals surface area (Å²) in [5, 5.41) is 4.74. The van der Waals surface area contributed by atoms with Crippen LogP contribution in [0, 0.1) is 25.7 Å². The molecule has 3 aliphatic heterocycles. The average molecular weight is 370 g/mol. The summed E-state index contributed by atoms with van der Waals surface area (Å²) in [5.74, 6) is 0.962. The Morgan fingerprint density at radius 3 is 3.00 bits per heavy atom. The van der Waals surface area contributed by atoms with Gasteiger partial charge in [0.15, 0.2) is 0 Å². The van der Waals surface area contributed by atoms with E-state index in [-0.39, 0.29) is 11.5 Å². The summed E-state index contributed by atoms with van der Waals surface area (Å²) in [6.45, 7) is 6.20. The summed E-state index contributed by atoms with van der Waals surface area (Å²) >= 11 is 0. The fraction of sp³-hybridized carbons (Fsp3) is 0.650. The van der Waals surface area contributed by atoms with Crippen molar-refractivity contribution in [2.75, 3.05) is 33.7 Å². The molecule has 4 atom stereocenters. The van der Waals surface area contributed by atoms with Crippen LogP contribution < -0.4 is 0 Å². The molecule has 0 saturated carbocycles. The number of fused-ring (bicyclic) bond motifs is 2. The van der Waals surface area contributed by atoms with Gasteiger partial charge in [-0.3, -0.25) is 4.79 Å². The summed E-state index contributed by atoms with van der Waals surface area (Å²) in [4.78, 5) is 22.1. The van der Waals surface area contributed by atoms with Gasteiger partial charge in [0.05, 0.1) is 34.9 Å². The largest absolute Gasteiger partial charge is 0.369 e. The summed E-state index contributed by atoms with van der Waals surface area (Å²) < 4.78 is 11.8. The first kappa shape index (κ1) is 17.1. The molecule has 0 N–H and O–H groups in total. The minimum atomic E-state index is -0.147. The first-order chi connectivity index (χ1) is 12.9. The van der Waals surface area contributed by atoms with Gasteiger partial charge in [0.2, 0.25) is 0 Å². The molecule has 3 saturated heterocycles. The molecule has 1 amide bonds. The maximum absolute atomic E-state index is 13.5. The van der Waals surface area contributed by atoms with Crippen LogP contribution >= 0.6 is 0 Å². The van der Waals surface area contributed by atoms with Crippen molar-refractivity contribution in [1.29, 1.82) is 0 Å². The fourth-order valence-electron chi connectivity index (χ4n) is 5.57. The van der Waals surface area contributed by atoms with Crippen LogP contribution in [-0.4, -0.2) is 71.3 Å². The van der Waals surface area contributed by atoms with Crippen LogP contribution in [0.1, 0.15) is 34.6 Å². The van der Waals surface area contributed by atoms with Crippen LogP contribution in [0.15, 0.2) is 10.6 Å². The Balaban J connectivity index is 1.47. The van der Waals surface area contributed by atoms with E-state index >= 15 is 0 Å². The zero-order chi connectivity index (χ0) is 18.9. The maximum atomic E-state index is 13.5. The third kappa shape index (κ3) is 2.44. The van der Waals surface area contributed by atoms with E-state index in [2.05, 4.69) is 29.1 Å². The molecule has 1 spiro atoms. The SMILES string of the molecule is Cc1cc(C(=O)N2C[C@H]3[C@@H](CN(C)C)[C@@H]4CC[C@@]3(C2)O4)c2c(C)noc2n1. The molecule has 7 nitrogen and oxygen atoms in total. The van der Waals surface area contributed by atoms with Gasteiger partial charge in [-0.15, -0.1) is 0 Å². The first-order valence-corrected chi connectivity index (χ1v) is 9.73. The second-order valence-electron chi connectivity index (χ2n) is 8.74. The normalized spacial score (nSPS) is 32.0. The van der Waals surface area contributed by atoms with Gasteiger partial charge < -0.3 is 19.1 Å². The van der Waals surface area contributed by atoms with Crippen LogP contribution in [0.3, 0.4) is 0 Å². The monoisotopic (exact) mass is 370 g/mol. The average Bonchev–Trinajstić information content (AvgIpc) is 3.34.